The lowest BCUT2D eigenvalue weighted by Gasteiger charge is -2.44. The molecule has 58 valence electrons. The summed E-state index contributed by atoms with van der Waals surface area (Å²) in [6, 6.07) is 0.942. The summed E-state index contributed by atoms with van der Waals surface area (Å²) in [6.07, 6.45) is 5.04. The van der Waals surface area contributed by atoms with E-state index >= 15 is 0 Å². The molecular formula is C8H16N2. The van der Waals surface area contributed by atoms with Gasteiger partial charge in [-0.25, -0.2) is 0 Å². The molecule has 0 radical (unpaired) electrons. The third-order valence-electron chi connectivity index (χ3n) is 3.27. The molecule has 2 nitrogen and oxygen atoms in total. The highest BCUT2D eigenvalue weighted by Crippen LogP contribution is 2.39. The van der Waals surface area contributed by atoms with Crippen LogP contribution in [0.15, 0.2) is 0 Å². The van der Waals surface area contributed by atoms with E-state index in [1.807, 2.05) is 0 Å². The van der Waals surface area contributed by atoms with Crippen LogP contribution in [0.1, 0.15) is 25.7 Å². The first-order valence-corrected chi connectivity index (χ1v) is 4.28. The summed E-state index contributed by atoms with van der Waals surface area (Å²) in [6.45, 7) is 0. The lowest BCUT2D eigenvalue weighted by molar-refractivity contribution is 0.122. The Morgan fingerprint density at radius 3 is 1.40 bits per heavy atom. The number of hydrogen-bond acceptors (Lipinski definition) is 2. The second kappa shape index (κ2) is 2.21. The molecule has 3 saturated carbocycles. The molecular weight excluding hydrogens is 124 g/mol. The second-order valence-electron chi connectivity index (χ2n) is 3.90. The van der Waals surface area contributed by atoms with Gasteiger partial charge in [-0.15, -0.1) is 0 Å². The van der Waals surface area contributed by atoms with Crippen molar-refractivity contribution < 1.29 is 0 Å². The van der Waals surface area contributed by atoms with Crippen molar-refractivity contribution in [2.45, 2.75) is 37.8 Å². The van der Waals surface area contributed by atoms with Gasteiger partial charge in [0, 0.05) is 12.1 Å². The fraction of sp³-hybridized carbons (Fsp3) is 1.00. The number of nitrogens with two attached hydrogens (primary N) is 2. The average molecular weight is 140 g/mol. The van der Waals surface area contributed by atoms with Crippen molar-refractivity contribution in [3.05, 3.63) is 0 Å². The summed E-state index contributed by atoms with van der Waals surface area (Å²) in [7, 11) is 0. The molecule has 4 N–H and O–H groups in total. The third kappa shape index (κ3) is 0.867. The van der Waals surface area contributed by atoms with Crippen molar-refractivity contribution in [3.63, 3.8) is 0 Å². The molecule has 0 aromatic carbocycles. The van der Waals surface area contributed by atoms with Gasteiger partial charge < -0.3 is 11.5 Å². The number of hydrogen-bond donors (Lipinski definition) is 2. The van der Waals surface area contributed by atoms with E-state index in [9.17, 15) is 0 Å². The van der Waals surface area contributed by atoms with Crippen LogP contribution in [0.5, 0.6) is 0 Å². The molecule has 3 fully saturated rings. The lowest BCUT2D eigenvalue weighted by atomic mass is 9.66. The summed E-state index contributed by atoms with van der Waals surface area (Å²) in [5, 5.41) is 0. The topological polar surface area (TPSA) is 52.0 Å². The van der Waals surface area contributed by atoms with Gasteiger partial charge in [-0.1, -0.05) is 0 Å². The van der Waals surface area contributed by atoms with Gasteiger partial charge in [-0.2, -0.15) is 0 Å². The van der Waals surface area contributed by atoms with Crippen LogP contribution in [0, 0.1) is 11.8 Å². The fourth-order valence-electron chi connectivity index (χ4n) is 2.53. The smallest absolute Gasteiger partial charge is 0.00709 e. The van der Waals surface area contributed by atoms with E-state index < -0.39 is 0 Å². The molecule has 0 heterocycles. The summed E-state index contributed by atoms with van der Waals surface area (Å²) >= 11 is 0. The minimum absolute atomic E-state index is 0.471. The van der Waals surface area contributed by atoms with E-state index in [-0.39, 0.29) is 0 Å². The van der Waals surface area contributed by atoms with Crippen molar-refractivity contribution >= 4 is 0 Å². The number of rotatable bonds is 0. The van der Waals surface area contributed by atoms with Crippen LogP contribution in [0.2, 0.25) is 0 Å². The van der Waals surface area contributed by atoms with Gasteiger partial charge >= 0.3 is 0 Å². The van der Waals surface area contributed by atoms with E-state index in [1.54, 1.807) is 0 Å². The Morgan fingerprint density at radius 1 is 0.800 bits per heavy atom. The largest absolute Gasteiger partial charge is 0.327 e. The maximum Gasteiger partial charge on any atom is 0.00709 e. The van der Waals surface area contributed by atoms with Crippen molar-refractivity contribution in [1.82, 2.24) is 0 Å². The molecule has 2 heteroatoms. The minimum Gasteiger partial charge on any atom is -0.327 e. The van der Waals surface area contributed by atoms with Crippen LogP contribution in [0.4, 0.5) is 0 Å². The van der Waals surface area contributed by atoms with Gasteiger partial charge in [0.2, 0.25) is 0 Å². The summed E-state index contributed by atoms with van der Waals surface area (Å²) in [5.41, 5.74) is 11.9. The normalized spacial score (nSPS) is 53.4. The molecule has 0 amide bonds. The molecule has 0 saturated heterocycles. The monoisotopic (exact) mass is 140 g/mol. The lowest BCUT2D eigenvalue weighted by Crippen LogP contribution is -2.50. The molecule has 3 rings (SSSR count). The Morgan fingerprint density at radius 2 is 1.20 bits per heavy atom. The molecule has 10 heavy (non-hydrogen) atoms. The molecule has 3 aliphatic rings. The van der Waals surface area contributed by atoms with Crippen LogP contribution < -0.4 is 11.5 Å². The fourth-order valence-corrected chi connectivity index (χ4v) is 2.53. The molecule has 0 unspecified atom stereocenters. The zero-order chi connectivity index (χ0) is 7.14. The highest BCUT2D eigenvalue weighted by Gasteiger charge is 2.38. The molecule has 0 aliphatic heterocycles. The highest BCUT2D eigenvalue weighted by atomic mass is 14.8. The van der Waals surface area contributed by atoms with Crippen molar-refractivity contribution in [3.8, 4) is 0 Å². The van der Waals surface area contributed by atoms with Crippen LogP contribution >= 0.6 is 0 Å². The van der Waals surface area contributed by atoms with Gasteiger partial charge in [0.15, 0.2) is 0 Å². The van der Waals surface area contributed by atoms with Crippen LogP contribution in [-0.4, -0.2) is 12.1 Å². The van der Waals surface area contributed by atoms with E-state index in [4.69, 9.17) is 11.5 Å². The summed E-state index contributed by atoms with van der Waals surface area (Å²) in [4.78, 5) is 0. The molecule has 3 aliphatic carbocycles. The van der Waals surface area contributed by atoms with Gasteiger partial charge in [0.05, 0.1) is 0 Å². The van der Waals surface area contributed by atoms with E-state index in [0.29, 0.717) is 12.1 Å². The van der Waals surface area contributed by atoms with Crippen LogP contribution in [0.25, 0.3) is 0 Å². The zero-order valence-electron chi connectivity index (χ0n) is 6.29. The maximum atomic E-state index is 5.93. The minimum atomic E-state index is 0.471. The Bertz CT molecular complexity index is 119. The molecule has 2 bridgehead atoms. The van der Waals surface area contributed by atoms with Gasteiger partial charge in [0.1, 0.15) is 0 Å². The van der Waals surface area contributed by atoms with Crippen molar-refractivity contribution in [1.29, 1.82) is 0 Å². The maximum absolute atomic E-state index is 5.93. The van der Waals surface area contributed by atoms with Crippen molar-refractivity contribution in [2.75, 3.05) is 0 Å². The molecule has 0 aromatic heterocycles. The first-order chi connectivity index (χ1) is 4.77. The van der Waals surface area contributed by atoms with Gasteiger partial charge in [-0.05, 0) is 37.5 Å². The second-order valence-corrected chi connectivity index (χ2v) is 3.90. The Labute approximate surface area is 62.0 Å². The van der Waals surface area contributed by atoms with E-state index in [2.05, 4.69) is 0 Å². The van der Waals surface area contributed by atoms with Crippen molar-refractivity contribution in [2.24, 2.45) is 23.3 Å². The van der Waals surface area contributed by atoms with Crippen LogP contribution in [0.3, 0.4) is 0 Å². The summed E-state index contributed by atoms with van der Waals surface area (Å²) < 4.78 is 0. The Hall–Kier alpha value is -0.0800. The molecule has 0 aromatic rings. The first-order valence-electron chi connectivity index (χ1n) is 4.28. The summed E-state index contributed by atoms with van der Waals surface area (Å²) in [5.74, 6) is 1.50. The average Bonchev–Trinajstić information content (AvgIpc) is 1.91. The Balaban J connectivity index is 2.09. The van der Waals surface area contributed by atoms with E-state index in [0.717, 1.165) is 11.8 Å². The van der Waals surface area contributed by atoms with Crippen LogP contribution in [-0.2, 0) is 0 Å². The quantitative estimate of drug-likeness (QED) is 0.513. The zero-order valence-corrected chi connectivity index (χ0v) is 6.29. The molecule has 4 atom stereocenters. The third-order valence-corrected chi connectivity index (χ3v) is 3.27. The molecule has 0 spiro atoms. The predicted octanol–water partition coefficient (Wildman–Crippen LogP) is 0.461. The highest BCUT2D eigenvalue weighted by molar-refractivity contribution is 4.94. The predicted molar refractivity (Wildman–Crippen MR) is 41.4 cm³/mol. The standard InChI is InChI=1S/C8H16N2/c9-7-4-6-2-1-5(7)3-8(6)10/h5-8H,1-4,9-10H2/t5-,6-,7+,8+/m0/s1. The Kier molecular flexibility index (Phi) is 1.46. The van der Waals surface area contributed by atoms with E-state index in [1.165, 1.54) is 25.7 Å². The van der Waals surface area contributed by atoms with Gasteiger partial charge in [0.25, 0.3) is 0 Å². The van der Waals surface area contributed by atoms with Gasteiger partial charge in [-0.3, -0.25) is 0 Å². The first kappa shape index (κ1) is 6.62. The number of fused-ring (bicyclic) bond motifs is 3. The SMILES string of the molecule is N[C@@H]1C[C@@H]2CC[C@H]1C[C@H]2N.